The molecule has 2 heteroatoms. The Balaban J connectivity index is 0.000000375. The highest BCUT2D eigenvalue weighted by Crippen LogP contribution is 2.25. The summed E-state index contributed by atoms with van der Waals surface area (Å²) in [5, 5.41) is 0. The Kier molecular flexibility index (Phi) is 13.4. The van der Waals surface area contributed by atoms with Crippen molar-refractivity contribution in [2.45, 2.75) is 61.1 Å². The smallest absolute Gasteiger partial charge is 0.0396 e. The monoisotopic (exact) mass is 356 g/mol. The largest absolute Gasteiger partial charge is 0.374 e. The fourth-order valence-electron chi connectivity index (χ4n) is 3.01. The van der Waals surface area contributed by atoms with Gasteiger partial charge in [-0.15, -0.1) is 0 Å². The zero-order valence-corrected chi connectivity index (χ0v) is 18.3. The SMILES string of the molecule is CC.CC.CC.CN1CCc2ccccc21.CN1Cc2ccccc2C1. The molecule has 0 saturated carbocycles. The van der Waals surface area contributed by atoms with Crippen molar-refractivity contribution in [3.05, 3.63) is 65.2 Å². The minimum Gasteiger partial charge on any atom is -0.374 e. The maximum absolute atomic E-state index is 2.32. The highest BCUT2D eigenvalue weighted by Gasteiger charge is 2.13. The molecule has 0 aliphatic carbocycles. The van der Waals surface area contributed by atoms with Crippen LogP contribution in [0.3, 0.4) is 0 Å². The van der Waals surface area contributed by atoms with Crippen molar-refractivity contribution in [2.24, 2.45) is 0 Å². The van der Waals surface area contributed by atoms with Crippen molar-refractivity contribution in [3.8, 4) is 0 Å². The van der Waals surface area contributed by atoms with Gasteiger partial charge in [0, 0.05) is 32.4 Å². The molecular formula is C24H40N2. The molecule has 0 fully saturated rings. The molecule has 26 heavy (non-hydrogen) atoms. The third kappa shape index (κ3) is 7.21. The molecule has 0 unspecified atom stereocenters. The maximum Gasteiger partial charge on any atom is 0.0396 e. The van der Waals surface area contributed by atoms with Gasteiger partial charge in [0.1, 0.15) is 0 Å². The summed E-state index contributed by atoms with van der Waals surface area (Å²) in [6, 6.07) is 17.2. The Morgan fingerprint density at radius 2 is 1.04 bits per heavy atom. The summed E-state index contributed by atoms with van der Waals surface area (Å²) in [5.41, 5.74) is 5.88. The standard InChI is InChI=1S/2C9H11N.3C2H6/c1-10-6-8-4-2-3-5-9(8)7-10;1-10-7-6-8-4-2-3-5-9(8)10;3*1-2/h2*2-5H,6-7H2,1H3;3*1-2H3. The van der Waals surface area contributed by atoms with Crippen LogP contribution in [0.5, 0.6) is 0 Å². The van der Waals surface area contributed by atoms with Crippen molar-refractivity contribution in [2.75, 3.05) is 25.5 Å². The normalized spacial score (nSPS) is 13.3. The summed E-state index contributed by atoms with van der Waals surface area (Å²) in [5.74, 6) is 0. The molecule has 2 aliphatic rings. The third-order valence-corrected chi connectivity index (χ3v) is 4.12. The van der Waals surface area contributed by atoms with E-state index in [4.69, 9.17) is 0 Å². The van der Waals surface area contributed by atoms with E-state index in [1.165, 1.54) is 35.3 Å². The molecule has 2 aliphatic heterocycles. The number of hydrogen-bond acceptors (Lipinski definition) is 2. The Bertz CT molecular complexity index is 567. The first kappa shape index (κ1) is 24.2. The van der Waals surface area contributed by atoms with Gasteiger partial charge >= 0.3 is 0 Å². The lowest BCUT2D eigenvalue weighted by atomic mass is 10.1. The zero-order chi connectivity index (χ0) is 19.9. The molecule has 0 atom stereocenters. The van der Waals surface area contributed by atoms with Crippen LogP contribution in [-0.4, -0.2) is 25.5 Å². The second-order valence-electron chi connectivity index (χ2n) is 5.74. The van der Waals surface area contributed by atoms with E-state index in [-0.39, 0.29) is 0 Å². The van der Waals surface area contributed by atoms with E-state index in [9.17, 15) is 0 Å². The van der Waals surface area contributed by atoms with E-state index in [2.05, 4.69) is 72.4 Å². The van der Waals surface area contributed by atoms with Gasteiger partial charge in [-0.25, -0.2) is 0 Å². The lowest BCUT2D eigenvalue weighted by Crippen LogP contribution is -2.12. The molecule has 2 aromatic rings. The van der Waals surface area contributed by atoms with Crippen LogP contribution in [0, 0.1) is 0 Å². The summed E-state index contributed by atoms with van der Waals surface area (Å²) in [6.45, 7) is 15.4. The quantitative estimate of drug-likeness (QED) is 0.539. The van der Waals surface area contributed by atoms with Crippen LogP contribution in [0.2, 0.25) is 0 Å². The molecule has 0 N–H and O–H groups in total. The topological polar surface area (TPSA) is 6.48 Å². The van der Waals surface area contributed by atoms with Gasteiger partial charge in [-0.1, -0.05) is 84.0 Å². The van der Waals surface area contributed by atoms with E-state index in [0.717, 1.165) is 13.1 Å². The van der Waals surface area contributed by atoms with E-state index in [0.29, 0.717) is 0 Å². The average Bonchev–Trinajstić information content (AvgIpc) is 3.29. The van der Waals surface area contributed by atoms with E-state index >= 15 is 0 Å². The number of nitrogens with zero attached hydrogens (tertiary/aromatic N) is 2. The van der Waals surface area contributed by atoms with Crippen LogP contribution in [0.25, 0.3) is 0 Å². The number of anilines is 1. The minimum absolute atomic E-state index is 1.12. The summed E-state index contributed by atoms with van der Waals surface area (Å²) in [4.78, 5) is 4.62. The van der Waals surface area contributed by atoms with E-state index < -0.39 is 0 Å². The summed E-state index contributed by atoms with van der Waals surface area (Å²) < 4.78 is 0. The van der Waals surface area contributed by atoms with Gasteiger partial charge in [0.2, 0.25) is 0 Å². The van der Waals surface area contributed by atoms with Crippen LogP contribution in [0.1, 0.15) is 58.2 Å². The molecular weight excluding hydrogens is 316 g/mol. The van der Waals surface area contributed by atoms with Crippen LogP contribution in [0.4, 0.5) is 5.69 Å². The molecule has 0 amide bonds. The van der Waals surface area contributed by atoms with Crippen molar-refractivity contribution >= 4 is 5.69 Å². The van der Waals surface area contributed by atoms with Crippen LogP contribution >= 0.6 is 0 Å². The molecule has 4 rings (SSSR count). The fraction of sp³-hybridized carbons (Fsp3) is 0.500. The highest BCUT2D eigenvalue weighted by atomic mass is 15.1. The zero-order valence-electron chi connectivity index (χ0n) is 18.3. The van der Waals surface area contributed by atoms with Gasteiger partial charge in [0.15, 0.2) is 0 Å². The first-order valence-corrected chi connectivity index (χ1v) is 10.3. The fourth-order valence-corrected chi connectivity index (χ4v) is 3.01. The lowest BCUT2D eigenvalue weighted by Gasteiger charge is -2.10. The summed E-state index contributed by atoms with van der Waals surface area (Å²) in [6.07, 6.45) is 1.21. The van der Waals surface area contributed by atoms with Crippen LogP contribution in [-0.2, 0) is 19.5 Å². The molecule has 146 valence electrons. The second-order valence-corrected chi connectivity index (χ2v) is 5.74. The number of fused-ring (bicyclic) bond motifs is 2. The van der Waals surface area contributed by atoms with Gasteiger partial charge < -0.3 is 4.90 Å². The van der Waals surface area contributed by atoms with Crippen LogP contribution in [0.15, 0.2) is 48.5 Å². The Labute approximate surface area is 162 Å². The van der Waals surface area contributed by atoms with Gasteiger partial charge in [0.05, 0.1) is 0 Å². The van der Waals surface area contributed by atoms with Crippen LogP contribution < -0.4 is 4.90 Å². The molecule has 2 aromatic carbocycles. The molecule has 0 bridgehead atoms. The molecule has 0 saturated heterocycles. The number of likely N-dealkylation sites (N-methyl/N-ethyl adjacent to an activating group) is 1. The number of para-hydroxylation sites is 1. The van der Waals surface area contributed by atoms with Crippen molar-refractivity contribution in [3.63, 3.8) is 0 Å². The Morgan fingerprint density at radius 3 is 1.50 bits per heavy atom. The molecule has 0 spiro atoms. The number of benzene rings is 2. The summed E-state index contributed by atoms with van der Waals surface area (Å²) >= 11 is 0. The van der Waals surface area contributed by atoms with Crippen molar-refractivity contribution in [1.82, 2.24) is 4.90 Å². The average molecular weight is 357 g/mol. The predicted molar refractivity (Wildman–Crippen MR) is 119 cm³/mol. The first-order chi connectivity index (χ1) is 12.7. The van der Waals surface area contributed by atoms with E-state index in [1.54, 1.807) is 0 Å². The predicted octanol–water partition coefficient (Wildman–Crippen LogP) is 6.39. The third-order valence-electron chi connectivity index (χ3n) is 4.12. The molecule has 0 radical (unpaired) electrons. The molecule has 2 nitrogen and oxygen atoms in total. The Morgan fingerprint density at radius 1 is 0.615 bits per heavy atom. The van der Waals surface area contributed by atoms with Gasteiger partial charge in [-0.3, -0.25) is 4.90 Å². The second kappa shape index (κ2) is 14.4. The van der Waals surface area contributed by atoms with Gasteiger partial charge in [0.25, 0.3) is 0 Å². The maximum atomic E-state index is 2.32. The number of hydrogen-bond donors (Lipinski definition) is 0. The molecule has 0 aromatic heterocycles. The lowest BCUT2D eigenvalue weighted by molar-refractivity contribution is 0.353. The number of rotatable bonds is 0. The van der Waals surface area contributed by atoms with Crippen molar-refractivity contribution < 1.29 is 0 Å². The van der Waals surface area contributed by atoms with Gasteiger partial charge in [-0.2, -0.15) is 0 Å². The first-order valence-electron chi connectivity index (χ1n) is 10.3. The summed E-state index contributed by atoms with van der Waals surface area (Å²) in [7, 11) is 4.30. The minimum atomic E-state index is 1.12. The van der Waals surface area contributed by atoms with E-state index in [1.807, 2.05) is 41.5 Å². The highest BCUT2D eigenvalue weighted by molar-refractivity contribution is 5.56. The van der Waals surface area contributed by atoms with Crippen molar-refractivity contribution in [1.29, 1.82) is 0 Å². The Hall–Kier alpha value is -1.80. The van der Waals surface area contributed by atoms with Gasteiger partial charge in [-0.05, 0) is 36.2 Å². The molecule has 2 heterocycles.